The van der Waals surface area contributed by atoms with Gasteiger partial charge in [-0.05, 0) is 61.1 Å². The standard InChI is InChI=1S/C24H27N5O4S/c1-15(30)29-12-9-19(10-13-29)34(32,33)28-18-6-4-16(5-7-18)21-14-22(27-24(31)17-2-3-17)26-23-20(21)8-11-25-23/h4-8,11,14,17,19,28H,2-3,9-10,12-13H2,1H3,(H2,25,26,27,31). The zero-order valence-corrected chi connectivity index (χ0v) is 19.7. The van der Waals surface area contributed by atoms with E-state index in [-0.39, 0.29) is 17.7 Å². The van der Waals surface area contributed by atoms with E-state index in [4.69, 9.17) is 0 Å². The van der Waals surface area contributed by atoms with Crippen molar-refractivity contribution in [2.24, 2.45) is 5.92 Å². The molecule has 0 bridgehead atoms. The Balaban J connectivity index is 1.33. The first kappa shape index (κ1) is 22.4. The van der Waals surface area contributed by atoms with Crippen LogP contribution in [-0.2, 0) is 19.6 Å². The lowest BCUT2D eigenvalue weighted by molar-refractivity contribution is -0.129. The fourth-order valence-electron chi connectivity index (χ4n) is 4.36. The second-order valence-electron chi connectivity index (χ2n) is 8.99. The fourth-order valence-corrected chi connectivity index (χ4v) is 5.82. The van der Waals surface area contributed by atoms with Gasteiger partial charge in [0.1, 0.15) is 11.5 Å². The Morgan fingerprint density at radius 1 is 1.06 bits per heavy atom. The van der Waals surface area contributed by atoms with Gasteiger partial charge in [-0.3, -0.25) is 14.3 Å². The number of rotatable bonds is 6. The van der Waals surface area contributed by atoms with Gasteiger partial charge in [0.05, 0.1) is 5.25 Å². The minimum absolute atomic E-state index is 0.0109. The van der Waals surface area contributed by atoms with Crippen molar-refractivity contribution in [3.63, 3.8) is 0 Å². The van der Waals surface area contributed by atoms with Gasteiger partial charge in [-0.1, -0.05) is 12.1 Å². The highest BCUT2D eigenvalue weighted by Gasteiger charge is 2.31. The van der Waals surface area contributed by atoms with Crippen molar-refractivity contribution >= 4 is 44.4 Å². The summed E-state index contributed by atoms with van der Waals surface area (Å²) in [7, 11) is -3.56. The van der Waals surface area contributed by atoms with Crippen molar-refractivity contribution in [1.82, 2.24) is 14.9 Å². The molecule has 34 heavy (non-hydrogen) atoms. The van der Waals surface area contributed by atoms with Crippen LogP contribution in [0.3, 0.4) is 0 Å². The average Bonchev–Trinajstić information content (AvgIpc) is 3.57. The maximum absolute atomic E-state index is 12.9. The lowest BCUT2D eigenvalue weighted by Crippen LogP contribution is -2.43. The number of nitrogens with zero attached hydrogens (tertiary/aromatic N) is 2. The van der Waals surface area contributed by atoms with Crippen molar-refractivity contribution in [3.05, 3.63) is 42.6 Å². The summed E-state index contributed by atoms with van der Waals surface area (Å²) < 4.78 is 28.4. The van der Waals surface area contributed by atoms with Crippen molar-refractivity contribution in [2.75, 3.05) is 23.1 Å². The molecule has 1 saturated carbocycles. The molecule has 10 heteroatoms. The fraction of sp³-hybridized carbons (Fsp3) is 0.375. The van der Waals surface area contributed by atoms with E-state index in [2.05, 4.69) is 20.0 Å². The molecule has 1 aliphatic heterocycles. The van der Waals surface area contributed by atoms with Gasteiger partial charge in [-0.25, -0.2) is 13.4 Å². The summed E-state index contributed by atoms with van der Waals surface area (Å²) in [6.07, 6.45) is 4.47. The number of amides is 2. The number of carbonyl (C=O) groups excluding carboxylic acids is 2. The third-order valence-electron chi connectivity index (χ3n) is 6.51. The van der Waals surface area contributed by atoms with Crippen LogP contribution < -0.4 is 10.0 Å². The number of H-pyrrole nitrogens is 1. The quantitative estimate of drug-likeness (QED) is 0.498. The lowest BCUT2D eigenvalue weighted by atomic mass is 10.0. The summed E-state index contributed by atoms with van der Waals surface area (Å²) in [6.45, 7) is 2.41. The van der Waals surface area contributed by atoms with Gasteiger partial charge >= 0.3 is 0 Å². The molecule has 2 aliphatic rings. The minimum Gasteiger partial charge on any atom is -0.346 e. The van der Waals surface area contributed by atoms with Crippen molar-refractivity contribution in [2.45, 2.75) is 37.9 Å². The molecule has 178 valence electrons. The van der Waals surface area contributed by atoms with Crippen molar-refractivity contribution in [1.29, 1.82) is 0 Å². The Morgan fingerprint density at radius 2 is 1.76 bits per heavy atom. The Morgan fingerprint density at radius 3 is 2.41 bits per heavy atom. The highest BCUT2D eigenvalue weighted by molar-refractivity contribution is 7.93. The number of piperidine rings is 1. The van der Waals surface area contributed by atoms with Crippen LogP contribution in [0.2, 0.25) is 0 Å². The average molecular weight is 482 g/mol. The molecule has 0 unspecified atom stereocenters. The molecule has 0 atom stereocenters. The Hall–Kier alpha value is -3.40. The van der Waals surface area contributed by atoms with Gasteiger partial charge in [-0.2, -0.15) is 0 Å². The summed E-state index contributed by atoms with van der Waals surface area (Å²) in [5.41, 5.74) is 2.93. The molecule has 0 radical (unpaired) electrons. The predicted molar refractivity (Wildman–Crippen MR) is 131 cm³/mol. The summed E-state index contributed by atoms with van der Waals surface area (Å²) in [6, 6.07) is 10.9. The Bertz CT molecular complexity index is 1340. The third kappa shape index (κ3) is 4.63. The van der Waals surface area contributed by atoms with Crippen LogP contribution >= 0.6 is 0 Å². The summed E-state index contributed by atoms with van der Waals surface area (Å²) >= 11 is 0. The molecule has 2 fully saturated rings. The summed E-state index contributed by atoms with van der Waals surface area (Å²) in [5, 5.41) is 3.28. The van der Waals surface area contributed by atoms with Gasteiger partial charge < -0.3 is 15.2 Å². The maximum atomic E-state index is 12.9. The van der Waals surface area contributed by atoms with E-state index in [1.54, 1.807) is 23.2 Å². The Kier molecular flexibility index (Phi) is 5.76. The van der Waals surface area contributed by atoms with Crippen LogP contribution in [0.15, 0.2) is 42.6 Å². The zero-order chi connectivity index (χ0) is 23.9. The number of fused-ring (bicyclic) bond motifs is 1. The first-order valence-corrected chi connectivity index (χ1v) is 13.0. The first-order valence-electron chi connectivity index (χ1n) is 11.5. The van der Waals surface area contributed by atoms with E-state index in [0.29, 0.717) is 43.1 Å². The van der Waals surface area contributed by atoms with E-state index < -0.39 is 15.3 Å². The second kappa shape index (κ2) is 8.75. The van der Waals surface area contributed by atoms with Gasteiger partial charge in [0.2, 0.25) is 21.8 Å². The van der Waals surface area contributed by atoms with Crippen molar-refractivity contribution in [3.8, 4) is 11.1 Å². The molecule has 5 rings (SSSR count). The molecular formula is C24H27N5O4S. The summed E-state index contributed by atoms with van der Waals surface area (Å²) in [5.74, 6) is 0.528. The monoisotopic (exact) mass is 481 g/mol. The zero-order valence-electron chi connectivity index (χ0n) is 18.9. The molecule has 3 heterocycles. The first-order chi connectivity index (χ1) is 16.3. The number of nitrogens with one attached hydrogen (secondary N) is 3. The van der Waals surface area contributed by atoms with E-state index >= 15 is 0 Å². The highest BCUT2D eigenvalue weighted by atomic mass is 32.2. The number of anilines is 2. The number of benzene rings is 1. The largest absolute Gasteiger partial charge is 0.346 e. The number of aromatic amines is 1. The van der Waals surface area contributed by atoms with Crippen LogP contribution in [0, 0.1) is 5.92 Å². The van der Waals surface area contributed by atoms with Crippen LogP contribution in [0.5, 0.6) is 0 Å². The van der Waals surface area contributed by atoms with Crippen molar-refractivity contribution < 1.29 is 18.0 Å². The smallest absolute Gasteiger partial charge is 0.235 e. The molecule has 3 aromatic rings. The van der Waals surface area contributed by atoms with Crippen LogP contribution in [0.25, 0.3) is 22.2 Å². The lowest BCUT2D eigenvalue weighted by Gasteiger charge is -2.31. The van der Waals surface area contributed by atoms with E-state index in [9.17, 15) is 18.0 Å². The van der Waals surface area contributed by atoms with Gasteiger partial charge in [0, 0.05) is 43.2 Å². The second-order valence-corrected chi connectivity index (χ2v) is 10.9. The number of aromatic nitrogens is 2. The SMILES string of the molecule is CC(=O)N1CCC(S(=O)(=O)Nc2ccc(-c3cc(NC(=O)C4CC4)nc4[nH]ccc34)cc2)CC1. The molecule has 0 spiro atoms. The number of sulfonamides is 1. The Labute approximate surface area is 198 Å². The van der Waals surface area contributed by atoms with Crippen LogP contribution in [-0.4, -0.2) is 53.4 Å². The third-order valence-corrected chi connectivity index (χ3v) is 8.38. The van der Waals surface area contributed by atoms with Crippen LogP contribution in [0.4, 0.5) is 11.5 Å². The van der Waals surface area contributed by atoms with E-state index in [0.717, 1.165) is 29.4 Å². The normalized spacial score (nSPS) is 17.0. The number of hydrogen-bond donors (Lipinski definition) is 3. The van der Waals surface area contributed by atoms with Gasteiger partial charge in [0.25, 0.3) is 0 Å². The molecule has 1 aliphatic carbocycles. The molecular weight excluding hydrogens is 454 g/mol. The summed E-state index contributed by atoms with van der Waals surface area (Å²) in [4.78, 5) is 33.0. The van der Waals surface area contributed by atoms with Crippen LogP contribution in [0.1, 0.15) is 32.6 Å². The number of likely N-dealkylation sites (tertiary alicyclic amines) is 1. The number of carbonyl (C=O) groups is 2. The molecule has 9 nitrogen and oxygen atoms in total. The topological polar surface area (TPSA) is 124 Å². The number of pyridine rings is 1. The molecule has 2 amide bonds. The predicted octanol–water partition coefficient (Wildman–Crippen LogP) is 3.33. The van der Waals surface area contributed by atoms with Gasteiger partial charge in [-0.15, -0.1) is 0 Å². The molecule has 2 aromatic heterocycles. The van der Waals surface area contributed by atoms with E-state index in [1.165, 1.54) is 6.92 Å². The minimum atomic E-state index is -3.56. The maximum Gasteiger partial charge on any atom is 0.235 e. The molecule has 3 N–H and O–H groups in total. The van der Waals surface area contributed by atoms with Gasteiger partial charge in [0.15, 0.2) is 0 Å². The highest BCUT2D eigenvalue weighted by Crippen LogP contribution is 2.33. The number of hydrogen-bond acceptors (Lipinski definition) is 5. The molecule has 1 aromatic carbocycles. The van der Waals surface area contributed by atoms with E-state index in [1.807, 2.05) is 24.3 Å². The molecule has 1 saturated heterocycles.